The molecule has 2 aromatic rings. The maximum absolute atomic E-state index is 12.8. The highest BCUT2D eigenvalue weighted by Crippen LogP contribution is 2.22. The number of hydrogen-bond acceptors (Lipinski definition) is 6. The van der Waals surface area contributed by atoms with Crippen LogP contribution in [-0.2, 0) is 16.0 Å². The highest BCUT2D eigenvalue weighted by Gasteiger charge is 2.30. The minimum Gasteiger partial charge on any atom is -0.395 e. The molecule has 1 fully saturated rings. The van der Waals surface area contributed by atoms with Gasteiger partial charge in [-0.3, -0.25) is 19.3 Å². The van der Waals surface area contributed by atoms with E-state index in [4.69, 9.17) is 5.11 Å². The Labute approximate surface area is 193 Å². The molecule has 0 unspecified atom stereocenters. The van der Waals surface area contributed by atoms with Crippen LogP contribution in [0, 0.1) is 0 Å². The minimum absolute atomic E-state index is 0.0170. The van der Waals surface area contributed by atoms with Crippen LogP contribution in [0.2, 0.25) is 0 Å². The SMILES string of the molecule is CCc1ccc(C(=O)N2CCN(c3ccc(NC4=CC(=O)N(CCO)C4=O)cc3)CC2)cc1. The van der Waals surface area contributed by atoms with E-state index in [0.29, 0.717) is 18.8 Å². The molecule has 2 heterocycles. The number of nitrogens with zero attached hydrogens (tertiary/aromatic N) is 3. The van der Waals surface area contributed by atoms with E-state index in [0.717, 1.165) is 35.7 Å². The number of aliphatic hydroxyl groups is 1. The largest absolute Gasteiger partial charge is 0.395 e. The molecule has 0 radical (unpaired) electrons. The van der Waals surface area contributed by atoms with Crippen LogP contribution >= 0.6 is 0 Å². The number of β-amino-alcohol motifs (C(OH)–C–C–N with tert-alkyl or cyclic N) is 1. The Morgan fingerprint density at radius 2 is 1.64 bits per heavy atom. The summed E-state index contributed by atoms with van der Waals surface area (Å²) in [5, 5.41) is 12.0. The first-order valence-electron chi connectivity index (χ1n) is 11.2. The number of carbonyl (C=O) groups is 3. The zero-order valence-corrected chi connectivity index (χ0v) is 18.7. The van der Waals surface area contributed by atoms with Crippen LogP contribution in [0.5, 0.6) is 0 Å². The van der Waals surface area contributed by atoms with Gasteiger partial charge >= 0.3 is 0 Å². The molecule has 0 bridgehead atoms. The third kappa shape index (κ3) is 4.90. The minimum atomic E-state index is -0.441. The molecule has 1 saturated heterocycles. The molecule has 3 amide bonds. The van der Waals surface area contributed by atoms with E-state index in [2.05, 4.69) is 17.1 Å². The van der Waals surface area contributed by atoms with Gasteiger partial charge in [-0.15, -0.1) is 0 Å². The summed E-state index contributed by atoms with van der Waals surface area (Å²) < 4.78 is 0. The Morgan fingerprint density at radius 1 is 0.970 bits per heavy atom. The highest BCUT2D eigenvalue weighted by molar-refractivity contribution is 6.17. The van der Waals surface area contributed by atoms with Gasteiger partial charge in [0.2, 0.25) is 0 Å². The second-order valence-electron chi connectivity index (χ2n) is 8.08. The number of carbonyl (C=O) groups excluding carboxylic acids is 3. The van der Waals surface area contributed by atoms with Crippen LogP contribution < -0.4 is 10.2 Å². The summed E-state index contributed by atoms with van der Waals surface area (Å²) in [4.78, 5) is 42.1. The highest BCUT2D eigenvalue weighted by atomic mass is 16.3. The summed E-state index contributed by atoms with van der Waals surface area (Å²) in [7, 11) is 0. The molecule has 2 N–H and O–H groups in total. The van der Waals surface area contributed by atoms with Crippen LogP contribution in [0.1, 0.15) is 22.8 Å². The van der Waals surface area contributed by atoms with Gasteiger partial charge in [0.05, 0.1) is 13.2 Å². The average molecular weight is 449 g/mol. The van der Waals surface area contributed by atoms with Crippen molar-refractivity contribution in [3.8, 4) is 0 Å². The third-order valence-corrected chi connectivity index (χ3v) is 6.02. The summed E-state index contributed by atoms with van der Waals surface area (Å²) >= 11 is 0. The first-order valence-corrected chi connectivity index (χ1v) is 11.2. The van der Waals surface area contributed by atoms with E-state index in [1.54, 1.807) is 0 Å². The van der Waals surface area contributed by atoms with Crippen molar-refractivity contribution in [1.29, 1.82) is 0 Å². The molecule has 2 aliphatic heterocycles. The number of amides is 3. The van der Waals surface area contributed by atoms with Gasteiger partial charge in [0.15, 0.2) is 0 Å². The number of hydrogen-bond donors (Lipinski definition) is 2. The normalized spacial score (nSPS) is 16.3. The first-order chi connectivity index (χ1) is 16.0. The van der Waals surface area contributed by atoms with Gasteiger partial charge in [-0.1, -0.05) is 19.1 Å². The Balaban J connectivity index is 1.32. The Hall–Kier alpha value is -3.65. The fourth-order valence-corrected chi connectivity index (χ4v) is 4.05. The second-order valence-corrected chi connectivity index (χ2v) is 8.08. The molecule has 2 aliphatic rings. The van der Waals surface area contributed by atoms with Crippen molar-refractivity contribution in [2.24, 2.45) is 0 Å². The lowest BCUT2D eigenvalue weighted by molar-refractivity contribution is -0.137. The number of aliphatic hydroxyl groups excluding tert-OH is 1. The van der Waals surface area contributed by atoms with Gasteiger partial charge in [-0.05, 0) is 48.4 Å². The number of imide groups is 1. The number of piperazine rings is 1. The van der Waals surface area contributed by atoms with Crippen LogP contribution in [0.3, 0.4) is 0 Å². The molecule has 172 valence electrons. The molecule has 8 nitrogen and oxygen atoms in total. The van der Waals surface area contributed by atoms with E-state index in [-0.39, 0.29) is 24.8 Å². The molecule has 2 aromatic carbocycles. The number of nitrogens with one attached hydrogen (secondary N) is 1. The van der Waals surface area contributed by atoms with Crippen molar-refractivity contribution < 1.29 is 19.5 Å². The lowest BCUT2D eigenvalue weighted by Gasteiger charge is -2.36. The summed E-state index contributed by atoms with van der Waals surface area (Å²) in [5.41, 5.74) is 3.87. The van der Waals surface area contributed by atoms with Crippen molar-refractivity contribution in [2.45, 2.75) is 13.3 Å². The van der Waals surface area contributed by atoms with Gasteiger partial charge in [0, 0.05) is 49.2 Å². The van der Waals surface area contributed by atoms with E-state index < -0.39 is 11.8 Å². The quantitative estimate of drug-likeness (QED) is 0.629. The molecule has 0 saturated carbocycles. The van der Waals surface area contributed by atoms with Crippen LogP contribution in [0.25, 0.3) is 0 Å². The summed E-state index contributed by atoms with van der Waals surface area (Å²) in [5.74, 6) is -0.804. The number of aryl methyl sites for hydroxylation is 1. The van der Waals surface area contributed by atoms with Crippen molar-refractivity contribution in [2.75, 3.05) is 49.5 Å². The molecule has 0 aliphatic carbocycles. The third-order valence-electron chi connectivity index (χ3n) is 6.02. The van der Waals surface area contributed by atoms with Crippen molar-refractivity contribution in [3.05, 3.63) is 71.4 Å². The monoisotopic (exact) mass is 448 g/mol. The van der Waals surface area contributed by atoms with Crippen molar-refractivity contribution >= 4 is 29.1 Å². The molecule has 4 rings (SSSR count). The Bertz CT molecular complexity index is 1050. The molecule has 33 heavy (non-hydrogen) atoms. The fourth-order valence-electron chi connectivity index (χ4n) is 4.05. The predicted molar refractivity (Wildman–Crippen MR) is 126 cm³/mol. The summed E-state index contributed by atoms with van der Waals surface area (Å²) in [6.07, 6.45) is 2.20. The van der Waals surface area contributed by atoms with E-state index >= 15 is 0 Å². The first kappa shape index (κ1) is 22.5. The smallest absolute Gasteiger partial charge is 0.277 e. The Kier molecular flexibility index (Phi) is 6.74. The van der Waals surface area contributed by atoms with Crippen LogP contribution in [0.15, 0.2) is 60.3 Å². The predicted octanol–water partition coefficient (Wildman–Crippen LogP) is 1.87. The van der Waals surface area contributed by atoms with Crippen LogP contribution in [0.4, 0.5) is 11.4 Å². The number of rotatable bonds is 7. The van der Waals surface area contributed by atoms with E-state index in [1.165, 1.54) is 11.6 Å². The molecule has 0 aromatic heterocycles. The average Bonchev–Trinajstić information content (AvgIpc) is 3.12. The van der Waals surface area contributed by atoms with Gasteiger partial charge in [-0.25, -0.2) is 0 Å². The van der Waals surface area contributed by atoms with Gasteiger partial charge in [0.25, 0.3) is 17.7 Å². The lowest BCUT2D eigenvalue weighted by atomic mass is 10.1. The van der Waals surface area contributed by atoms with Gasteiger partial charge < -0.3 is 20.2 Å². The van der Waals surface area contributed by atoms with Crippen molar-refractivity contribution in [1.82, 2.24) is 9.80 Å². The second kappa shape index (κ2) is 9.87. The summed E-state index contributed by atoms with van der Waals surface area (Å²) in [6, 6.07) is 15.4. The summed E-state index contributed by atoms with van der Waals surface area (Å²) in [6.45, 7) is 4.59. The molecular formula is C25H28N4O4. The van der Waals surface area contributed by atoms with Crippen molar-refractivity contribution in [3.63, 3.8) is 0 Å². The molecule has 8 heteroatoms. The molecule has 0 atom stereocenters. The maximum Gasteiger partial charge on any atom is 0.277 e. The molecule has 0 spiro atoms. The van der Waals surface area contributed by atoms with E-state index in [1.807, 2.05) is 53.4 Å². The Morgan fingerprint density at radius 3 is 2.24 bits per heavy atom. The van der Waals surface area contributed by atoms with Gasteiger partial charge in [0.1, 0.15) is 5.70 Å². The zero-order chi connectivity index (χ0) is 23.4. The number of benzene rings is 2. The topological polar surface area (TPSA) is 93.2 Å². The standard InChI is InChI=1S/C25H28N4O4/c1-2-18-3-5-19(6-4-18)24(32)28-13-11-27(12-14-28)21-9-7-20(8-10-21)26-22-17-23(31)29(15-16-30)25(22)33/h3-10,17,26,30H,2,11-16H2,1H3. The van der Waals surface area contributed by atoms with E-state index in [9.17, 15) is 14.4 Å². The fraction of sp³-hybridized carbons (Fsp3) is 0.320. The number of anilines is 2. The lowest BCUT2D eigenvalue weighted by Crippen LogP contribution is -2.48. The zero-order valence-electron chi connectivity index (χ0n) is 18.7. The molecular weight excluding hydrogens is 420 g/mol. The van der Waals surface area contributed by atoms with Gasteiger partial charge in [-0.2, -0.15) is 0 Å². The maximum atomic E-state index is 12.8. The van der Waals surface area contributed by atoms with Crippen LogP contribution in [-0.4, -0.2) is 72.0 Å².